The van der Waals surface area contributed by atoms with Gasteiger partial charge in [-0.15, -0.1) is 0 Å². The Morgan fingerprint density at radius 1 is 1.53 bits per heavy atom. The molecule has 5 heteroatoms. The summed E-state index contributed by atoms with van der Waals surface area (Å²) in [6.07, 6.45) is -0.0580. The van der Waals surface area contributed by atoms with E-state index in [2.05, 4.69) is 0 Å². The lowest BCUT2D eigenvalue weighted by atomic mass is 9.96. The van der Waals surface area contributed by atoms with Gasteiger partial charge >= 0.3 is 5.97 Å². The molecule has 0 aliphatic carbocycles. The van der Waals surface area contributed by atoms with Gasteiger partial charge in [0.2, 0.25) is 0 Å². The lowest BCUT2D eigenvalue weighted by Crippen LogP contribution is -2.16. The Balaban J connectivity index is 2.92. The van der Waals surface area contributed by atoms with Gasteiger partial charge in [-0.25, -0.2) is 0 Å². The average Bonchev–Trinajstić information content (AvgIpc) is 2.18. The predicted octanol–water partition coefficient (Wildman–Crippen LogP) is 1.56. The van der Waals surface area contributed by atoms with Gasteiger partial charge in [-0.1, -0.05) is 17.7 Å². The number of nitrogens with two attached hydrogens (primary N) is 1. The van der Waals surface area contributed by atoms with Crippen molar-refractivity contribution >= 4 is 17.6 Å². The summed E-state index contributed by atoms with van der Waals surface area (Å²) in [6.45, 7) is 0.216. The van der Waals surface area contributed by atoms with E-state index in [9.17, 15) is 9.90 Å². The van der Waals surface area contributed by atoms with Crippen LogP contribution in [-0.4, -0.2) is 22.7 Å². The van der Waals surface area contributed by atoms with Crippen LogP contribution in [0.4, 0.5) is 0 Å². The third kappa shape index (κ3) is 3.11. The Hall–Kier alpha value is -1.26. The van der Waals surface area contributed by atoms with Crippen LogP contribution in [0.1, 0.15) is 17.9 Å². The molecule has 1 unspecified atom stereocenters. The zero-order chi connectivity index (χ0) is 11.4. The molecule has 0 aromatic heterocycles. The largest absolute Gasteiger partial charge is 0.506 e. The second-order valence-electron chi connectivity index (χ2n) is 3.24. The Morgan fingerprint density at radius 3 is 2.67 bits per heavy atom. The highest BCUT2D eigenvalue weighted by Gasteiger charge is 2.14. The molecule has 4 N–H and O–H groups in total. The van der Waals surface area contributed by atoms with Crippen molar-refractivity contribution in [3.63, 3.8) is 0 Å². The minimum atomic E-state index is -0.917. The van der Waals surface area contributed by atoms with Gasteiger partial charge in [-0.05, 0) is 24.2 Å². The third-order valence-corrected chi connectivity index (χ3v) is 2.47. The van der Waals surface area contributed by atoms with Crippen LogP contribution in [0.2, 0.25) is 5.02 Å². The third-order valence-electron chi connectivity index (χ3n) is 2.15. The molecule has 1 aromatic rings. The van der Waals surface area contributed by atoms with Crippen LogP contribution in [0.5, 0.6) is 5.75 Å². The number of carboxylic acids is 1. The summed E-state index contributed by atoms with van der Waals surface area (Å²) in [6, 6.07) is 4.64. The van der Waals surface area contributed by atoms with Gasteiger partial charge in [0.25, 0.3) is 0 Å². The van der Waals surface area contributed by atoms with Gasteiger partial charge < -0.3 is 15.9 Å². The number of aliphatic carboxylic acids is 1. The van der Waals surface area contributed by atoms with Crippen molar-refractivity contribution in [2.45, 2.75) is 12.3 Å². The van der Waals surface area contributed by atoms with E-state index in [1.165, 1.54) is 12.1 Å². The summed E-state index contributed by atoms with van der Waals surface area (Å²) in [5.74, 6) is -1.27. The first-order chi connectivity index (χ1) is 7.04. The molecular formula is C10H12ClNO3. The zero-order valence-corrected chi connectivity index (χ0v) is 8.74. The molecule has 0 aliphatic rings. The fraction of sp³-hybridized carbons (Fsp3) is 0.300. The van der Waals surface area contributed by atoms with E-state index in [4.69, 9.17) is 22.4 Å². The molecule has 4 nitrogen and oxygen atoms in total. The number of carboxylic acid groups (broad SMARTS) is 1. The smallest absolute Gasteiger partial charge is 0.304 e. The normalized spacial score (nSPS) is 12.4. The van der Waals surface area contributed by atoms with E-state index < -0.39 is 5.97 Å². The van der Waals surface area contributed by atoms with E-state index in [1.54, 1.807) is 6.07 Å². The van der Waals surface area contributed by atoms with Crippen LogP contribution in [0, 0.1) is 0 Å². The van der Waals surface area contributed by atoms with Crippen molar-refractivity contribution < 1.29 is 15.0 Å². The van der Waals surface area contributed by atoms with Crippen molar-refractivity contribution in [3.8, 4) is 5.75 Å². The van der Waals surface area contributed by atoms with Crippen LogP contribution >= 0.6 is 11.6 Å². The Morgan fingerprint density at radius 2 is 2.20 bits per heavy atom. The lowest BCUT2D eigenvalue weighted by molar-refractivity contribution is -0.137. The summed E-state index contributed by atoms with van der Waals surface area (Å²) in [4.78, 5) is 10.5. The zero-order valence-electron chi connectivity index (χ0n) is 7.98. The number of benzene rings is 1. The van der Waals surface area contributed by atoms with Gasteiger partial charge in [-0.2, -0.15) is 0 Å². The number of hydrogen-bond acceptors (Lipinski definition) is 3. The maximum Gasteiger partial charge on any atom is 0.304 e. The van der Waals surface area contributed by atoms with Crippen molar-refractivity contribution in [2.75, 3.05) is 6.54 Å². The molecule has 1 atom stereocenters. The lowest BCUT2D eigenvalue weighted by Gasteiger charge is -2.13. The van der Waals surface area contributed by atoms with Crippen molar-refractivity contribution in [2.24, 2.45) is 5.73 Å². The van der Waals surface area contributed by atoms with Gasteiger partial charge in [0.1, 0.15) is 5.75 Å². The number of phenolic OH excluding ortho intramolecular Hbond substituents is 1. The van der Waals surface area contributed by atoms with Crippen LogP contribution in [0.25, 0.3) is 0 Å². The average molecular weight is 230 g/mol. The van der Waals surface area contributed by atoms with Crippen molar-refractivity contribution in [3.05, 3.63) is 28.8 Å². The maximum atomic E-state index is 10.5. The van der Waals surface area contributed by atoms with Crippen molar-refractivity contribution in [1.29, 1.82) is 0 Å². The molecule has 0 saturated heterocycles. The first kappa shape index (κ1) is 11.8. The summed E-state index contributed by atoms with van der Waals surface area (Å²) in [7, 11) is 0. The molecule has 0 heterocycles. The summed E-state index contributed by atoms with van der Waals surface area (Å²) >= 11 is 5.64. The topological polar surface area (TPSA) is 83.6 Å². The summed E-state index contributed by atoms with van der Waals surface area (Å²) < 4.78 is 0. The summed E-state index contributed by atoms with van der Waals surface area (Å²) in [5.41, 5.74) is 6.15. The van der Waals surface area contributed by atoms with Gasteiger partial charge in [-0.3, -0.25) is 4.79 Å². The summed E-state index contributed by atoms with van der Waals surface area (Å²) in [5, 5.41) is 18.3. The molecule has 15 heavy (non-hydrogen) atoms. The van der Waals surface area contributed by atoms with E-state index in [0.717, 1.165) is 0 Å². The molecule has 0 spiro atoms. The fourth-order valence-corrected chi connectivity index (χ4v) is 1.45. The highest BCUT2D eigenvalue weighted by atomic mass is 35.5. The SMILES string of the molecule is NCC(CC(=O)O)c1ccc(Cl)c(O)c1. The minimum Gasteiger partial charge on any atom is -0.506 e. The molecule has 0 fully saturated rings. The second-order valence-corrected chi connectivity index (χ2v) is 3.65. The predicted molar refractivity (Wildman–Crippen MR) is 57.2 cm³/mol. The quantitative estimate of drug-likeness (QED) is 0.732. The molecule has 0 aliphatic heterocycles. The Bertz CT molecular complexity index is 368. The first-order valence-corrected chi connectivity index (χ1v) is 4.82. The first-order valence-electron chi connectivity index (χ1n) is 4.45. The number of phenols is 1. The number of aromatic hydroxyl groups is 1. The molecule has 82 valence electrons. The van der Waals surface area contributed by atoms with Crippen LogP contribution in [-0.2, 0) is 4.79 Å². The molecule has 1 aromatic carbocycles. The Kier molecular flexibility index (Phi) is 3.94. The van der Waals surface area contributed by atoms with Crippen molar-refractivity contribution in [1.82, 2.24) is 0 Å². The highest BCUT2D eigenvalue weighted by Crippen LogP contribution is 2.28. The van der Waals surface area contributed by atoms with Crippen LogP contribution < -0.4 is 5.73 Å². The molecular weight excluding hydrogens is 218 g/mol. The number of hydrogen-bond donors (Lipinski definition) is 3. The Labute approximate surface area is 92.3 Å². The molecule has 0 bridgehead atoms. The number of halogens is 1. The maximum absolute atomic E-state index is 10.5. The molecule has 0 saturated carbocycles. The molecule has 0 amide bonds. The van der Waals surface area contributed by atoms with Gasteiger partial charge in [0.15, 0.2) is 0 Å². The van der Waals surface area contributed by atoms with E-state index in [-0.39, 0.29) is 29.7 Å². The molecule has 0 radical (unpaired) electrons. The number of rotatable bonds is 4. The monoisotopic (exact) mass is 229 g/mol. The second kappa shape index (κ2) is 5.00. The molecule has 1 rings (SSSR count). The fourth-order valence-electron chi connectivity index (χ4n) is 1.33. The van der Waals surface area contributed by atoms with E-state index in [0.29, 0.717) is 5.56 Å². The van der Waals surface area contributed by atoms with Gasteiger partial charge in [0.05, 0.1) is 11.4 Å². The van der Waals surface area contributed by atoms with E-state index >= 15 is 0 Å². The minimum absolute atomic E-state index is 0.0574. The van der Waals surface area contributed by atoms with Gasteiger partial charge in [0, 0.05) is 5.92 Å². The standard InChI is InChI=1S/C10H12ClNO3/c11-8-2-1-6(3-9(8)13)7(5-12)4-10(14)15/h1-3,7,13H,4-5,12H2,(H,14,15). The number of carbonyl (C=O) groups is 1. The van der Waals surface area contributed by atoms with Crippen LogP contribution in [0.15, 0.2) is 18.2 Å². The van der Waals surface area contributed by atoms with Crippen LogP contribution in [0.3, 0.4) is 0 Å². The highest BCUT2D eigenvalue weighted by molar-refractivity contribution is 6.32. The van der Waals surface area contributed by atoms with E-state index in [1.807, 2.05) is 0 Å².